The second kappa shape index (κ2) is 9.56. The number of alkyl halides is 2. The maximum atomic E-state index is 12.6. The van der Waals surface area contributed by atoms with Crippen molar-refractivity contribution in [2.24, 2.45) is 4.99 Å². The van der Waals surface area contributed by atoms with E-state index in [9.17, 15) is 13.9 Å². The number of halogens is 2. The molecule has 0 atom stereocenters. The number of guanidine groups is 1. The Balaban J connectivity index is 2.09. The predicted octanol–water partition coefficient (Wildman–Crippen LogP) is 2.66. The molecular weight excluding hydrogens is 344 g/mol. The van der Waals surface area contributed by atoms with Gasteiger partial charge in [-0.1, -0.05) is 12.8 Å². The molecule has 0 aromatic heterocycles. The van der Waals surface area contributed by atoms with Gasteiger partial charge in [-0.15, -0.1) is 0 Å². The van der Waals surface area contributed by atoms with E-state index in [1.54, 1.807) is 12.1 Å². The first kappa shape index (κ1) is 20.2. The molecule has 1 aliphatic rings. The van der Waals surface area contributed by atoms with Gasteiger partial charge < -0.3 is 25.2 Å². The molecule has 1 aliphatic carbocycles. The Morgan fingerprint density at radius 2 is 2.04 bits per heavy atom. The van der Waals surface area contributed by atoms with E-state index in [1.165, 1.54) is 13.2 Å². The minimum absolute atomic E-state index is 0.0646. The number of aliphatic hydroxyl groups is 1. The van der Waals surface area contributed by atoms with Crippen LogP contribution in [0.4, 0.5) is 8.78 Å². The molecule has 0 heterocycles. The minimum atomic E-state index is -2.91. The summed E-state index contributed by atoms with van der Waals surface area (Å²) in [6.45, 7) is 0.194. The molecule has 8 heteroatoms. The number of aliphatic imine (C=N–C) groups is 1. The number of nitrogens with zero attached hydrogens (tertiary/aromatic N) is 1. The number of methoxy groups -OCH3 is 1. The number of benzene rings is 1. The molecule has 0 unspecified atom stereocenters. The molecule has 0 bridgehead atoms. The van der Waals surface area contributed by atoms with Crippen molar-refractivity contribution >= 4 is 5.96 Å². The van der Waals surface area contributed by atoms with E-state index in [4.69, 9.17) is 4.74 Å². The van der Waals surface area contributed by atoms with Crippen LogP contribution in [0.25, 0.3) is 0 Å². The molecule has 0 radical (unpaired) electrons. The van der Waals surface area contributed by atoms with Crippen LogP contribution in [-0.2, 0) is 6.54 Å². The van der Waals surface area contributed by atoms with Crippen molar-refractivity contribution in [3.8, 4) is 11.5 Å². The van der Waals surface area contributed by atoms with Crippen molar-refractivity contribution in [1.29, 1.82) is 0 Å². The maximum Gasteiger partial charge on any atom is 0.387 e. The molecule has 26 heavy (non-hydrogen) atoms. The topological polar surface area (TPSA) is 75.1 Å². The lowest BCUT2D eigenvalue weighted by Crippen LogP contribution is -2.46. The molecule has 0 spiro atoms. The summed E-state index contributed by atoms with van der Waals surface area (Å²) in [6, 6.07) is 4.62. The van der Waals surface area contributed by atoms with Crippen LogP contribution >= 0.6 is 0 Å². The van der Waals surface area contributed by atoms with Gasteiger partial charge in [0.2, 0.25) is 0 Å². The largest absolute Gasteiger partial charge is 0.497 e. The van der Waals surface area contributed by atoms with Crippen LogP contribution in [0.1, 0.15) is 38.2 Å². The Hall–Kier alpha value is -2.09. The number of hydrogen-bond donors (Lipinski definition) is 3. The lowest BCUT2D eigenvalue weighted by Gasteiger charge is -2.23. The summed E-state index contributed by atoms with van der Waals surface area (Å²) in [5, 5.41) is 16.7. The first-order chi connectivity index (χ1) is 12.5. The molecule has 3 N–H and O–H groups in total. The molecule has 2 rings (SSSR count). The highest BCUT2D eigenvalue weighted by molar-refractivity contribution is 5.79. The van der Waals surface area contributed by atoms with E-state index < -0.39 is 12.2 Å². The first-order valence-electron chi connectivity index (χ1n) is 8.82. The van der Waals surface area contributed by atoms with E-state index in [2.05, 4.69) is 20.4 Å². The van der Waals surface area contributed by atoms with Gasteiger partial charge in [0.05, 0.1) is 19.3 Å². The smallest absolute Gasteiger partial charge is 0.387 e. The Morgan fingerprint density at radius 1 is 1.31 bits per heavy atom. The SMILES string of the molecule is CCNC(=NCc1cc(OC)ccc1OC(F)F)NCC1(O)CCCC1. The summed E-state index contributed by atoms with van der Waals surface area (Å²) >= 11 is 0. The van der Waals surface area contributed by atoms with Gasteiger partial charge in [0.1, 0.15) is 11.5 Å². The summed E-state index contributed by atoms with van der Waals surface area (Å²) in [5.74, 6) is 1.11. The van der Waals surface area contributed by atoms with Crippen molar-refractivity contribution in [2.75, 3.05) is 20.2 Å². The molecule has 1 fully saturated rings. The Morgan fingerprint density at radius 3 is 2.65 bits per heavy atom. The Kier molecular flexibility index (Phi) is 7.44. The summed E-state index contributed by atoms with van der Waals surface area (Å²) in [4.78, 5) is 4.42. The van der Waals surface area contributed by atoms with E-state index in [1.807, 2.05) is 6.92 Å². The third kappa shape index (κ3) is 6.01. The summed E-state index contributed by atoms with van der Waals surface area (Å²) in [6.07, 6.45) is 3.57. The molecule has 1 saturated carbocycles. The summed E-state index contributed by atoms with van der Waals surface area (Å²) in [7, 11) is 1.50. The fourth-order valence-electron chi connectivity index (χ4n) is 2.98. The van der Waals surface area contributed by atoms with E-state index >= 15 is 0 Å². The van der Waals surface area contributed by atoms with Gasteiger partial charge in [0.25, 0.3) is 0 Å². The van der Waals surface area contributed by atoms with Crippen LogP contribution in [0, 0.1) is 0 Å². The zero-order valence-electron chi connectivity index (χ0n) is 15.2. The molecule has 0 aliphatic heterocycles. The highest BCUT2D eigenvalue weighted by Gasteiger charge is 2.30. The monoisotopic (exact) mass is 371 g/mol. The van der Waals surface area contributed by atoms with Crippen molar-refractivity contribution < 1.29 is 23.4 Å². The van der Waals surface area contributed by atoms with Crippen LogP contribution in [0.2, 0.25) is 0 Å². The van der Waals surface area contributed by atoms with E-state index in [0.717, 1.165) is 25.7 Å². The lowest BCUT2D eigenvalue weighted by molar-refractivity contribution is -0.0504. The number of rotatable bonds is 8. The predicted molar refractivity (Wildman–Crippen MR) is 95.9 cm³/mol. The fraction of sp³-hybridized carbons (Fsp3) is 0.611. The molecule has 0 saturated heterocycles. The highest BCUT2D eigenvalue weighted by atomic mass is 19.3. The molecule has 1 aromatic rings. The normalized spacial score (nSPS) is 16.6. The van der Waals surface area contributed by atoms with Crippen molar-refractivity contribution in [3.63, 3.8) is 0 Å². The van der Waals surface area contributed by atoms with Crippen LogP contribution < -0.4 is 20.1 Å². The fourth-order valence-corrected chi connectivity index (χ4v) is 2.98. The van der Waals surface area contributed by atoms with Gasteiger partial charge in [0, 0.05) is 18.7 Å². The van der Waals surface area contributed by atoms with Gasteiger partial charge in [-0.2, -0.15) is 8.78 Å². The molecular formula is C18H27F2N3O3. The average molecular weight is 371 g/mol. The lowest BCUT2D eigenvalue weighted by atomic mass is 10.0. The number of ether oxygens (including phenoxy) is 2. The minimum Gasteiger partial charge on any atom is -0.497 e. The second-order valence-corrected chi connectivity index (χ2v) is 6.33. The number of nitrogens with one attached hydrogen (secondary N) is 2. The van der Waals surface area contributed by atoms with Gasteiger partial charge in [0.15, 0.2) is 5.96 Å². The van der Waals surface area contributed by atoms with Crippen LogP contribution in [0.3, 0.4) is 0 Å². The zero-order valence-corrected chi connectivity index (χ0v) is 15.2. The number of hydrogen-bond acceptors (Lipinski definition) is 4. The quantitative estimate of drug-likeness (QED) is 0.484. The standard InChI is InChI=1S/C18H27F2N3O3/c1-3-21-17(23-12-18(24)8-4-5-9-18)22-11-13-10-14(25-2)6-7-15(13)26-16(19)20/h6-7,10,16,24H,3-5,8-9,11-12H2,1-2H3,(H2,21,22,23). The van der Waals surface area contributed by atoms with Crippen LogP contribution in [0.15, 0.2) is 23.2 Å². The van der Waals surface area contributed by atoms with Gasteiger partial charge in [-0.3, -0.25) is 0 Å². The third-order valence-electron chi connectivity index (χ3n) is 4.35. The average Bonchev–Trinajstić information content (AvgIpc) is 3.05. The van der Waals surface area contributed by atoms with Gasteiger partial charge in [-0.05, 0) is 38.0 Å². The van der Waals surface area contributed by atoms with Crippen molar-refractivity contribution in [3.05, 3.63) is 23.8 Å². The molecule has 146 valence electrons. The van der Waals surface area contributed by atoms with E-state index in [0.29, 0.717) is 30.4 Å². The Labute approximate surface area is 152 Å². The summed E-state index contributed by atoms with van der Waals surface area (Å²) < 4.78 is 34.9. The van der Waals surface area contributed by atoms with Gasteiger partial charge >= 0.3 is 6.61 Å². The maximum absolute atomic E-state index is 12.6. The van der Waals surface area contributed by atoms with E-state index in [-0.39, 0.29) is 12.3 Å². The first-order valence-corrected chi connectivity index (χ1v) is 8.82. The summed E-state index contributed by atoms with van der Waals surface area (Å²) in [5.41, 5.74) is -0.225. The third-order valence-corrected chi connectivity index (χ3v) is 4.35. The van der Waals surface area contributed by atoms with Crippen LogP contribution in [0.5, 0.6) is 11.5 Å². The Bertz CT molecular complexity index is 605. The van der Waals surface area contributed by atoms with Crippen molar-refractivity contribution in [1.82, 2.24) is 10.6 Å². The van der Waals surface area contributed by atoms with Crippen molar-refractivity contribution in [2.45, 2.75) is 51.4 Å². The molecule has 6 nitrogen and oxygen atoms in total. The van der Waals surface area contributed by atoms with Gasteiger partial charge in [-0.25, -0.2) is 4.99 Å². The molecule has 1 aromatic carbocycles. The second-order valence-electron chi connectivity index (χ2n) is 6.33. The zero-order chi connectivity index (χ0) is 19.0. The molecule has 0 amide bonds. The highest BCUT2D eigenvalue weighted by Crippen LogP contribution is 2.29. The van der Waals surface area contributed by atoms with Crippen LogP contribution in [-0.4, -0.2) is 43.5 Å².